The molecule has 0 spiro atoms. The van der Waals surface area contributed by atoms with E-state index in [0.29, 0.717) is 6.54 Å². The molecule has 0 amide bonds. The van der Waals surface area contributed by atoms with Crippen molar-refractivity contribution in [2.75, 3.05) is 14.1 Å². The number of para-hydroxylation sites is 1. The zero-order valence-corrected chi connectivity index (χ0v) is 12.4. The molecule has 2 aromatic rings. The molecular weight excluding hydrogens is 275 g/mol. The summed E-state index contributed by atoms with van der Waals surface area (Å²) in [4.78, 5) is 0. The molecule has 21 heavy (non-hydrogen) atoms. The van der Waals surface area contributed by atoms with Crippen LogP contribution in [0.15, 0.2) is 48.5 Å². The van der Waals surface area contributed by atoms with Crippen LogP contribution >= 0.6 is 0 Å². The number of benzene rings is 2. The maximum absolute atomic E-state index is 13.2. The van der Waals surface area contributed by atoms with E-state index in [9.17, 15) is 13.2 Å². The lowest BCUT2D eigenvalue weighted by Gasteiger charge is -2.31. The van der Waals surface area contributed by atoms with Crippen molar-refractivity contribution in [2.45, 2.75) is 19.6 Å². The van der Waals surface area contributed by atoms with Crippen molar-refractivity contribution in [2.24, 2.45) is 0 Å². The third kappa shape index (κ3) is 3.64. The molecule has 0 saturated heterocycles. The summed E-state index contributed by atoms with van der Waals surface area (Å²) in [5, 5.41) is 0. The molecule has 0 unspecified atom stereocenters. The van der Waals surface area contributed by atoms with Crippen LogP contribution in [0.2, 0.25) is 0 Å². The standard InChI is InChI=1S/C17H19F3N/c1-13-8-10-14(11-9-13)12-21(2,3)16-7-5-4-6-15(16)17(18,19)20/h4-11H,12H2,1-3H3/q+1. The second kappa shape index (κ2) is 5.53. The Balaban J connectivity index is 2.38. The van der Waals surface area contributed by atoms with Gasteiger partial charge in [-0.3, -0.25) is 4.48 Å². The largest absolute Gasteiger partial charge is 0.422 e. The Labute approximate surface area is 123 Å². The molecule has 0 aliphatic heterocycles. The first-order chi connectivity index (χ1) is 9.70. The minimum absolute atomic E-state index is 0.152. The molecule has 4 heteroatoms. The Morgan fingerprint density at radius 3 is 2.05 bits per heavy atom. The first-order valence-corrected chi connectivity index (χ1v) is 6.75. The number of rotatable bonds is 3. The maximum Gasteiger partial charge on any atom is 0.422 e. The molecular formula is C17H19F3N+. The normalized spacial score (nSPS) is 12.5. The Hall–Kier alpha value is -1.81. The predicted octanol–water partition coefficient (Wildman–Crippen LogP) is 4.78. The number of quaternary nitrogens is 1. The van der Waals surface area contributed by atoms with E-state index >= 15 is 0 Å². The van der Waals surface area contributed by atoms with E-state index in [1.165, 1.54) is 6.07 Å². The van der Waals surface area contributed by atoms with Gasteiger partial charge in [-0.2, -0.15) is 13.2 Å². The number of aryl methyl sites for hydroxylation is 1. The van der Waals surface area contributed by atoms with Crippen LogP contribution in [0.5, 0.6) is 0 Å². The van der Waals surface area contributed by atoms with Crippen molar-refractivity contribution in [3.63, 3.8) is 0 Å². The van der Waals surface area contributed by atoms with Gasteiger partial charge in [0.25, 0.3) is 0 Å². The Bertz CT molecular complexity index is 613. The second-order valence-corrected chi connectivity index (χ2v) is 5.84. The summed E-state index contributed by atoms with van der Waals surface area (Å²) in [6.45, 7) is 2.50. The van der Waals surface area contributed by atoms with Gasteiger partial charge in [0.05, 0.1) is 14.1 Å². The fourth-order valence-electron chi connectivity index (χ4n) is 2.48. The average molecular weight is 294 g/mol. The van der Waals surface area contributed by atoms with Crippen LogP contribution < -0.4 is 4.48 Å². The molecule has 1 nitrogen and oxygen atoms in total. The van der Waals surface area contributed by atoms with Gasteiger partial charge in [0.15, 0.2) is 0 Å². The molecule has 112 valence electrons. The molecule has 0 aliphatic carbocycles. The highest BCUT2D eigenvalue weighted by atomic mass is 19.4. The van der Waals surface area contributed by atoms with Crippen LogP contribution in [-0.4, -0.2) is 14.1 Å². The van der Waals surface area contributed by atoms with Gasteiger partial charge >= 0.3 is 6.18 Å². The lowest BCUT2D eigenvalue weighted by Crippen LogP contribution is -2.41. The van der Waals surface area contributed by atoms with Crippen LogP contribution in [0.4, 0.5) is 18.9 Å². The van der Waals surface area contributed by atoms with Gasteiger partial charge in [0.2, 0.25) is 0 Å². The molecule has 0 fully saturated rings. The molecule has 0 aromatic heterocycles. The molecule has 0 heterocycles. The SMILES string of the molecule is Cc1ccc(C[N+](C)(C)c2ccccc2C(F)(F)F)cc1. The molecule has 0 aliphatic rings. The van der Waals surface area contributed by atoms with Gasteiger partial charge in [-0.25, -0.2) is 0 Å². The number of hydrogen-bond donors (Lipinski definition) is 0. The fraction of sp³-hybridized carbons (Fsp3) is 0.294. The third-order valence-electron chi connectivity index (χ3n) is 3.56. The lowest BCUT2D eigenvalue weighted by molar-refractivity contribution is -0.137. The van der Waals surface area contributed by atoms with Crippen LogP contribution in [-0.2, 0) is 12.7 Å². The summed E-state index contributed by atoms with van der Waals surface area (Å²) >= 11 is 0. The first-order valence-electron chi connectivity index (χ1n) is 6.75. The van der Waals surface area contributed by atoms with Crippen LogP contribution in [0.1, 0.15) is 16.7 Å². The zero-order chi connectivity index (χ0) is 15.7. The number of hydrogen-bond acceptors (Lipinski definition) is 0. The van der Waals surface area contributed by atoms with Gasteiger partial charge < -0.3 is 0 Å². The minimum atomic E-state index is -4.33. The second-order valence-electron chi connectivity index (χ2n) is 5.84. The van der Waals surface area contributed by atoms with Crippen molar-refractivity contribution in [1.82, 2.24) is 4.48 Å². The van der Waals surface area contributed by atoms with E-state index in [2.05, 4.69) is 0 Å². The first kappa shape index (κ1) is 15.6. The Morgan fingerprint density at radius 2 is 1.48 bits per heavy atom. The Kier molecular flexibility index (Phi) is 4.10. The van der Waals surface area contributed by atoms with E-state index in [4.69, 9.17) is 0 Å². The topological polar surface area (TPSA) is 0 Å². The zero-order valence-electron chi connectivity index (χ0n) is 12.4. The number of halogens is 3. The molecule has 0 radical (unpaired) electrons. The highest BCUT2D eigenvalue weighted by Crippen LogP contribution is 2.38. The summed E-state index contributed by atoms with van der Waals surface area (Å²) in [5.41, 5.74) is 1.87. The molecule has 0 bridgehead atoms. The van der Waals surface area contributed by atoms with Gasteiger partial charge in [0.1, 0.15) is 17.8 Å². The highest BCUT2D eigenvalue weighted by Gasteiger charge is 2.38. The maximum atomic E-state index is 13.2. The van der Waals surface area contributed by atoms with Crippen LogP contribution in [0.25, 0.3) is 0 Å². The van der Waals surface area contributed by atoms with Crippen molar-refractivity contribution in [3.05, 3.63) is 65.2 Å². The van der Waals surface area contributed by atoms with E-state index in [-0.39, 0.29) is 10.2 Å². The van der Waals surface area contributed by atoms with Gasteiger partial charge in [-0.05, 0) is 19.1 Å². The molecule has 0 atom stereocenters. The molecule has 2 rings (SSSR count). The summed E-state index contributed by atoms with van der Waals surface area (Å²) in [6, 6.07) is 13.7. The Morgan fingerprint density at radius 1 is 0.905 bits per heavy atom. The van der Waals surface area contributed by atoms with Crippen molar-refractivity contribution < 1.29 is 13.2 Å². The van der Waals surface area contributed by atoms with Gasteiger partial charge in [0, 0.05) is 5.56 Å². The summed E-state index contributed by atoms with van der Waals surface area (Å²) in [6.07, 6.45) is -4.33. The van der Waals surface area contributed by atoms with E-state index in [0.717, 1.165) is 17.2 Å². The lowest BCUT2D eigenvalue weighted by atomic mass is 10.1. The van der Waals surface area contributed by atoms with Crippen molar-refractivity contribution >= 4 is 5.69 Å². The molecule has 0 N–H and O–H groups in total. The van der Waals surface area contributed by atoms with E-state index < -0.39 is 11.7 Å². The van der Waals surface area contributed by atoms with Crippen LogP contribution in [0.3, 0.4) is 0 Å². The molecule has 2 aromatic carbocycles. The smallest absolute Gasteiger partial charge is 0.292 e. The van der Waals surface area contributed by atoms with E-state index in [1.807, 2.05) is 31.2 Å². The summed E-state index contributed by atoms with van der Waals surface area (Å²) in [5.74, 6) is 0. The monoisotopic (exact) mass is 294 g/mol. The van der Waals surface area contributed by atoms with E-state index in [1.54, 1.807) is 26.2 Å². The fourth-order valence-corrected chi connectivity index (χ4v) is 2.48. The quantitative estimate of drug-likeness (QED) is 0.715. The number of nitrogens with zero attached hydrogens (tertiary/aromatic N) is 1. The summed E-state index contributed by atoms with van der Waals surface area (Å²) < 4.78 is 39.6. The van der Waals surface area contributed by atoms with Gasteiger partial charge in [-0.1, -0.05) is 42.0 Å². The van der Waals surface area contributed by atoms with Gasteiger partial charge in [-0.15, -0.1) is 0 Å². The molecule has 0 saturated carbocycles. The third-order valence-corrected chi connectivity index (χ3v) is 3.56. The average Bonchev–Trinajstić information content (AvgIpc) is 2.40. The highest BCUT2D eigenvalue weighted by molar-refractivity contribution is 5.51. The van der Waals surface area contributed by atoms with Crippen LogP contribution in [0, 0.1) is 6.92 Å². The minimum Gasteiger partial charge on any atom is -0.292 e. The predicted molar refractivity (Wildman–Crippen MR) is 80.0 cm³/mol. The van der Waals surface area contributed by atoms with Crippen molar-refractivity contribution in [3.8, 4) is 0 Å². The summed E-state index contributed by atoms with van der Waals surface area (Å²) in [7, 11) is 3.59. The van der Waals surface area contributed by atoms with Crippen molar-refractivity contribution in [1.29, 1.82) is 0 Å². The number of alkyl halides is 3.